The van der Waals surface area contributed by atoms with Crippen LogP contribution in [0.5, 0.6) is 5.75 Å². The number of hydrogen-bond acceptors (Lipinski definition) is 7. The number of unbranched alkanes of at least 4 members (excludes halogenated alkanes) is 4. The van der Waals surface area contributed by atoms with Crippen LogP contribution in [0.4, 0.5) is 17.1 Å². The van der Waals surface area contributed by atoms with Gasteiger partial charge in [-0.3, -0.25) is 9.59 Å². The van der Waals surface area contributed by atoms with Crippen LogP contribution in [0.2, 0.25) is 0 Å². The minimum atomic E-state index is -0.162. The van der Waals surface area contributed by atoms with Crippen molar-refractivity contribution in [3.8, 4) is 5.75 Å². The number of carbonyl (C=O) groups is 2. The van der Waals surface area contributed by atoms with Crippen LogP contribution in [0.25, 0.3) is 0 Å². The van der Waals surface area contributed by atoms with Crippen LogP contribution in [0.15, 0.2) is 47.5 Å². The fourth-order valence-corrected chi connectivity index (χ4v) is 6.02. The molecule has 0 spiro atoms. The predicted molar refractivity (Wildman–Crippen MR) is 175 cm³/mol. The summed E-state index contributed by atoms with van der Waals surface area (Å²) < 4.78 is 6.13. The van der Waals surface area contributed by atoms with Crippen molar-refractivity contribution in [1.82, 2.24) is 9.80 Å². The summed E-state index contributed by atoms with van der Waals surface area (Å²) in [5.74, 6) is 1.10. The van der Waals surface area contributed by atoms with Gasteiger partial charge in [-0.05, 0) is 50.3 Å². The van der Waals surface area contributed by atoms with Crippen LogP contribution in [-0.4, -0.2) is 67.4 Å². The Kier molecular flexibility index (Phi) is 12.1. The summed E-state index contributed by atoms with van der Waals surface area (Å²) in [7, 11) is 3.88. The molecule has 4 rings (SSSR count). The lowest BCUT2D eigenvalue weighted by atomic mass is 10.1. The molecule has 234 valence electrons. The summed E-state index contributed by atoms with van der Waals surface area (Å²) in [6, 6.07) is 14.0. The Hall–Kier alpha value is -3.75. The highest BCUT2D eigenvalue weighted by atomic mass is 16.5. The molecule has 1 saturated carbocycles. The molecule has 0 unspecified atom stereocenters. The number of nitrogens with zero attached hydrogens (tertiary/aromatic N) is 4. The molecule has 1 aliphatic carbocycles. The summed E-state index contributed by atoms with van der Waals surface area (Å²) in [6.07, 6.45) is 11.7. The molecule has 0 radical (unpaired) electrons. The zero-order chi connectivity index (χ0) is 30.6. The van der Waals surface area contributed by atoms with Crippen molar-refractivity contribution < 1.29 is 14.3 Å². The molecule has 0 atom stereocenters. The van der Waals surface area contributed by atoms with Crippen molar-refractivity contribution in [3.05, 3.63) is 48.0 Å². The fourth-order valence-electron chi connectivity index (χ4n) is 6.02. The van der Waals surface area contributed by atoms with Crippen molar-refractivity contribution in [1.29, 1.82) is 0 Å². The van der Waals surface area contributed by atoms with E-state index in [0.29, 0.717) is 43.0 Å². The average Bonchev–Trinajstić information content (AvgIpc) is 3.52. The lowest BCUT2D eigenvalue weighted by molar-refractivity contribution is -0.133. The lowest BCUT2D eigenvalue weighted by Gasteiger charge is -2.29. The second kappa shape index (κ2) is 16.2. The van der Waals surface area contributed by atoms with E-state index in [0.717, 1.165) is 55.6 Å². The number of ether oxygens (including phenoxy) is 1. The monoisotopic (exact) mass is 590 g/mol. The van der Waals surface area contributed by atoms with Crippen molar-refractivity contribution in [3.63, 3.8) is 0 Å². The third-order valence-corrected chi connectivity index (χ3v) is 8.37. The third-order valence-electron chi connectivity index (χ3n) is 8.37. The number of carbonyl (C=O) groups excluding carboxylic acids is 2. The van der Waals surface area contributed by atoms with E-state index in [1.807, 2.05) is 61.5 Å². The van der Waals surface area contributed by atoms with E-state index in [9.17, 15) is 9.59 Å². The Labute approximate surface area is 257 Å². The predicted octanol–water partition coefficient (Wildman–Crippen LogP) is 6.05. The second-order valence-corrected chi connectivity index (χ2v) is 11.9. The van der Waals surface area contributed by atoms with Gasteiger partial charge in [0.2, 0.25) is 11.8 Å². The molecular formula is C34H50N6O3. The molecule has 1 heterocycles. The fraction of sp³-hybridized carbons (Fsp3) is 0.559. The Bertz CT molecular complexity index is 1240. The highest BCUT2D eigenvalue weighted by Gasteiger charge is 2.26. The topological polar surface area (TPSA) is 103 Å². The number of aliphatic imine (C=N–C) groups is 1. The molecule has 3 N–H and O–H groups in total. The number of nitrogens with two attached hydrogens (primary N) is 1. The van der Waals surface area contributed by atoms with Gasteiger partial charge in [0.1, 0.15) is 18.0 Å². The lowest BCUT2D eigenvalue weighted by Crippen LogP contribution is -2.43. The molecule has 9 heteroatoms. The molecule has 2 amide bonds. The van der Waals surface area contributed by atoms with Crippen molar-refractivity contribution in [2.45, 2.75) is 90.1 Å². The summed E-state index contributed by atoms with van der Waals surface area (Å²) in [4.78, 5) is 36.5. The molecular weight excluding hydrogens is 540 g/mol. The molecule has 2 aliphatic rings. The largest absolute Gasteiger partial charge is 0.491 e. The zero-order valence-corrected chi connectivity index (χ0v) is 26.3. The third kappa shape index (κ3) is 9.12. The first kappa shape index (κ1) is 32.2. The van der Waals surface area contributed by atoms with Gasteiger partial charge in [-0.15, -0.1) is 0 Å². The number of guanidine groups is 1. The molecule has 43 heavy (non-hydrogen) atoms. The average molecular weight is 591 g/mol. The van der Waals surface area contributed by atoms with Gasteiger partial charge in [0.05, 0.1) is 18.0 Å². The molecule has 0 bridgehead atoms. The van der Waals surface area contributed by atoms with Gasteiger partial charge in [0.25, 0.3) is 0 Å². The summed E-state index contributed by atoms with van der Waals surface area (Å²) in [6.45, 7) is 4.19. The van der Waals surface area contributed by atoms with Gasteiger partial charge in [-0.1, -0.05) is 63.3 Å². The van der Waals surface area contributed by atoms with E-state index in [1.54, 1.807) is 4.90 Å². The molecule has 1 fully saturated rings. The van der Waals surface area contributed by atoms with E-state index < -0.39 is 0 Å². The van der Waals surface area contributed by atoms with Gasteiger partial charge in [-0.25, -0.2) is 4.99 Å². The molecule has 1 aliphatic heterocycles. The van der Waals surface area contributed by atoms with Gasteiger partial charge in [0.15, 0.2) is 5.96 Å². The summed E-state index contributed by atoms with van der Waals surface area (Å²) in [5, 5.41) is 3.00. The number of hydrogen-bond donors (Lipinski definition) is 2. The molecule has 2 aromatic carbocycles. The first-order chi connectivity index (χ1) is 20.9. The first-order valence-electron chi connectivity index (χ1n) is 16.1. The number of para-hydroxylation sites is 3. The summed E-state index contributed by atoms with van der Waals surface area (Å²) >= 11 is 0. The normalized spacial score (nSPS) is 14.7. The van der Waals surface area contributed by atoms with Crippen LogP contribution in [0, 0.1) is 0 Å². The number of rotatable bonds is 16. The summed E-state index contributed by atoms with van der Waals surface area (Å²) in [5.41, 5.74) is 9.67. The van der Waals surface area contributed by atoms with E-state index >= 15 is 0 Å². The van der Waals surface area contributed by atoms with Crippen LogP contribution in [-0.2, 0) is 16.1 Å². The Morgan fingerprint density at radius 3 is 2.58 bits per heavy atom. The first-order valence-corrected chi connectivity index (χ1v) is 16.1. The maximum Gasteiger partial charge on any atom is 0.244 e. The van der Waals surface area contributed by atoms with Crippen LogP contribution < -0.4 is 20.7 Å². The Morgan fingerprint density at radius 2 is 1.81 bits per heavy atom. The van der Waals surface area contributed by atoms with E-state index in [-0.39, 0.29) is 18.4 Å². The van der Waals surface area contributed by atoms with Crippen molar-refractivity contribution in [2.75, 3.05) is 44.0 Å². The number of benzene rings is 2. The minimum Gasteiger partial charge on any atom is -0.491 e. The van der Waals surface area contributed by atoms with Crippen LogP contribution in [0.3, 0.4) is 0 Å². The van der Waals surface area contributed by atoms with E-state index in [4.69, 9.17) is 10.5 Å². The molecule has 9 nitrogen and oxygen atoms in total. The van der Waals surface area contributed by atoms with Crippen molar-refractivity contribution >= 4 is 34.8 Å². The second-order valence-electron chi connectivity index (χ2n) is 11.9. The molecule has 0 aromatic heterocycles. The maximum atomic E-state index is 13.1. The zero-order valence-electron chi connectivity index (χ0n) is 26.3. The smallest absolute Gasteiger partial charge is 0.244 e. The number of amides is 2. The van der Waals surface area contributed by atoms with E-state index in [1.165, 1.54) is 32.1 Å². The highest BCUT2D eigenvalue weighted by molar-refractivity contribution is 5.98. The van der Waals surface area contributed by atoms with Gasteiger partial charge in [-0.2, -0.15) is 0 Å². The number of anilines is 2. The SMILES string of the molecule is CCCCCCN(C(=O)CCCCOc1cccc2c1N=C(N)N(CC(=O)Nc1ccccc1N(C)C)C2)C1CCCC1. The van der Waals surface area contributed by atoms with E-state index in [2.05, 4.69) is 22.1 Å². The Balaban J connectivity index is 1.26. The van der Waals surface area contributed by atoms with Crippen LogP contribution in [0.1, 0.15) is 83.1 Å². The van der Waals surface area contributed by atoms with Gasteiger partial charge >= 0.3 is 0 Å². The molecule has 2 aromatic rings. The number of fused-ring (bicyclic) bond motifs is 1. The number of nitrogens with one attached hydrogen (secondary N) is 1. The van der Waals surface area contributed by atoms with Gasteiger partial charge < -0.3 is 30.5 Å². The highest BCUT2D eigenvalue weighted by Crippen LogP contribution is 2.35. The molecule has 0 saturated heterocycles. The van der Waals surface area contributed by atoms with Crippen LogP contribution >= 0.6 is 0 Å². The maximum absolute atomic E-state index is 13.1. The van der Waals surface area contributed by atoms with Crippen molar-refractivity contribution in [2.24, 2.45) is 10.7 Å². The van der Waals surface area contributed by atoms with Gasteiger partial charge in [0, 0.05) is 45.2 Å². The standard InChI is InChI=1S/C34H50N6O3/c1-4-5-6-12-22-40(27-16-7-8-17-27)32(42)21-11-13-23-43-30-20-14-15-26-24-39(34(35)37-33(26)30)25-31(41)36-28-18-9-10-19-29(28)38(2)3/h9-10,14-15,18-20,27H,4-8,11-13,16-17,21-25H2,1-3H3,(H2,35,37)(H,36,41). The Morgan fingerprint density at radius 1 is 1.02 bits per heavy atom. The minimum absolute atomic E-state index is 0.0894. The quantitative estimate of drug-likeness (QED) is 0.231.